The van der Waals surface area contributed by atoms with Crippen LogP contribution < -0.4 is 5.73 Å². The zero-order chi connectivity index (χ0) is 11.7. The lowest BCUT2D eigenvalue weighted by molar-refractivity contribution is 0.585. The molecule has 5 heteroatoms. The number of nitrogens with two attached hydrogens (primary N) is 1. The van der Waals surface area contributed by atoms with Crippen LogP contribution >= 0.6 is 0 Å². The number of anilines is 1. The highest BCUT2D eigenvalue weighted by atomic mass is 19.1. The highest BCUT2D eigenvalue weighted by molar-refractivity contribution is 5.70. The first-order valence-electron chi connectivity index (χ1n) is 4.89. The molecule has 0 saturated carbocycles. The Hall–Kier alpha value is -1.91. The summed E-state index contributed by atoms with van der Waals surface area (Å²) < 4.78 is 27.9. The molecule has 0 aliphatic heterocycles. The van der Waals surface area contributed by atoms with Gasteiger partial charge in [-0.3, -0.25) is 0 Å². The van der Waals surface area contributed by atoms with Gasteiger partial charge >= 0.3 is 0 Å². The van der Waals surface area contributed by atoms with Crippen molar-refractivity contribution in [2.24, 2.45) is 0 Å². The van der Waals surface area contributed by atoms with Gasteiger partial charge in [0, 0.05) is 18.2 Å². The molecule has 0 atom stereocenters. The minimum Gasteiger partial charge on any atom is -0.383 e. The predicted molar refractivity (Wildman–Crippen MR) is 57.7 cm³/mol. The molecule has 0 spiro atoms. The third-order valence-corrected chi connectivity index (χ3v) is 2.41. The Morgan fingerprint density at radius 1 is 1.38 bits per heavy atom. The smallest absolute Gasteiger partial charge is 0.135 e. The fourth-order valence-electron chi connectivity index (χ4n) is 1.53. The van der Waals surface area contributed by atoms with Crippen molar-refractivity contribution in [2.75, 3.05) is 5.73 Å². The third-order valence-electron chi connectivity index (χ3n) is 2.41. The van der Waals surface area contributed by atoms with E-state index in [-0.39, 0.29) is 5.56 Å². The molecule has 3 nitrogen and oxygen atoms in total. The molecular weight excluding hydrogens is 212 g/mol. The van der Waals surface area contributed by atoms with Crippen LogP contribution in [0.4, 0.5) is 14.6 Å². The van der Waals surface area contributed by atoms with Crippen molar-refractivity contribution in [3.63, 3.8) is 0 Å². The monoisotopic (exact) mass is 223 g/mol. The Kier molecular flexibility index (Phi) is 2.60. The fraction of sp³-hybridized carbons (Fsp3) is 0.182. The van der Waals surface area contributed by atoms with Crippen molar-refractivity contribution >= 4 is 5.82 Å². The van der Waals surface area contributed by atoms with E-state index in [1.807, 2.05) is 6.92 Å². The number of hydrogen-bond acceptors (Lipinski definition) is 2. The summed E-state index contributed by atoms with van der Waals surface area (Å²) in [6.07, 6.45) is 1.54. The van der Waals surface area contributed by atoms with Gasteiger partial charge in [0.1, 0.15) is 23.1 Å². The zero-order valence-electron chi connectivity index (χ0n) is 8.74. The highest BCUT2D eigenvalue weighted by Gasteiger charge is 2.13. The van der Waals surface area contributed by atoms with E-state index in [0.29, 0.717) is 18.1 Å². The fourth-order valence-corrected chi connectivity index (χ4v) is 1.53. The number of aryl methyl sites for hydroxylation is 1. The minimum absolute atomic E-state index is 0.214. The molecule has 1 heterocycles. The Bertz CT molecular complexity index is 520. The minimum atomic E-state index is -0.659. The molecule has 0 fully saturated rings. The van der Waals surface area contributed by atoms with E-state index < -0.39 is 11.6 Å². The van der Waals surface area contributed by atoms with Crippen molar-refractivity contribution in [1.82, 2.24) is 9.55 Å². The largest absolute Gasteiger partial charge is 0.383 e. The molecule has 0 amide bonds. The molecule has 2 N–H and O–H groups in total. The van der Waals surface area contributed by atoms with Gasteiger partial charge in [0.25, 0.3) is 0 Å². The summed E-state index contributed by atoms with van der Waals surface area (Å²) in [6, 6.07) is 3.34. The number of nitrogen functional groups attached to an aromatic ring is 1. The molecule has 1 aromatic carbocycles. The van der Waals surface area contributed by atoms with Crippen molar-refractivity contribution in [2.45, 2.75) is 13.5 Å². The number of benzene rings is 1. The van der Waals surface area contributed by atoms with Crippen molar-refractivity contribution in [3.05, 3.63) is 36.2 Å². The van der Waals surface area contributed by atoms with Crippen LogP contribution in [0.3, 0.4) is 0 Å². The van der Waals surface area contributed by atoms with Crippen LogP contribution in [0, 0.1) is 11.6 Å². The number of halogens is 2. The molecule has 0 aliphatic carbocycles. The molecule has 2 aromatic rings. The number of rotatable bonds is 2. The number of aromatic nitrogens is 2. The van der Waals surface area contributed by atoms with E-state index in [9.17, 15) is 8.78 Å². The van der Waals surface area contributed by atoms with Crippen molar-refractivity contribution < 1.29 is 8.78 Å². The van der Waals surface area contributed by atoms with Gasteiger partial charge in [0.15, 0.2) is 0 Å². The first-order valence-corrected chi connectivity index (χ1v) is 4.89. The Balaban J connectivity index is 2.54. The second-order valence-corrected chi connectivity index (χ2v) is 3.39. The second-order valence-electron chi connectivity index (χ2n) is 3.39. The molecular formula is C11H11F2N3. The van der Waals surface area contributed by atoms with Gasteiger partial charge in [0.05, 0.1) is 6.33 Å². The summed E-state index contributed by atoms with van der Waals surface area (Å²) in [7, 11) is 0. The van der Waals surface area contributed by atoms with Crippen molar-refractivity contribution in [1.29, 1.82) is 0 Å². The molecule has 0 aliphatic rings. The Morgan fingerprint density at radius 3 is 2.69 bits per heavy atom. The molecule has 0 unspecified atom stereocenters. The van der Waals surface area contributed by atoms with Gasteiger partial charge in [-0.15, -0.1) is 0 Å². The predicted octanol–water partition coefficient (Wildman–Crippen LogP) is 2.43. The molecule has 84 valence electrons. The average molecular weight is 223 g/mol. The summed E-state index contributed by atoms with van der Waals surface area (Å²) in [5.74, 6) is -0.893. The van der Waals surface area contributed by atoms with Crippen LogP contribution in [-0.2, 0) is 6.54 Å². The maximum absolute atomic E-state index is 13.5. The normalized spacial score (nSPS) is 10.7. The molecule has 0 radical (unpaired) electrons. The third kappa shape index (κ3) is 1.64. The van der Waals surface area contributed by atoms with Crippen LogP contribution in [0.2, 0.25) is 0 Å². The number of nitrogens with zero attached hydrogens (tertiary/aromatic N) is 2. The Morgan fingerprint density at radius 2 is 2.12 bits per heavy atom. The first-order chi connectivity index (χ1) is 7.63. The van der Waals surface area contributed by atoms with Gasteiger partial charge in [-0.2, -0.15) is 0 Å². The van der Waals surface area contributed by atoms with E-state index in [2.05, 4.69) is 4.98 Å². The van der Waals surface area contributed by atoms with Crippen LogP contribution in [0.5, 0.6) is 0 Å². The number of hydrogen-bond donors (Lipinski definition) is 1. The van der Waals surface area contributed by atoms with Crippen LogP contribution in [-0.4, -0.2) is 9.55 Å². The Labute approximate surface area is 91.5 Å². The molecule has 16 heavy (non-hydrogen) atoms. The standard InChI is InChI=1S/C11H11F2N3/c1-2-16-6-15-10(11(16)14)8-4-3-7(12)5-9(8)13/h3-6H,2,14H2,1H3. The summed E-state index contributed by atoms with van der Waals surface area (Å²) >= 11 is 0. The maximum atomic E-state index is 13.5. The summed E-state index contributed by atoms with van der Waals surface area (Å²) in [5.41, 5.74) is 6.35. The molecule has 1 aromatic heterocycles. The van der Waals surface area contributed by atoms with Crippen LogP contribution in [0.25, 0.3) is 11.3 Å². The second kappa shape index (κ2) is 3.92. The SMILES string of the molecule is CCn1cnc(-c2ccc(F)cc2F)c1N. The summed E-state index contributed by atoms with van der Waals surface area (Å²) in [6.45, 7) is 2.56. The van der Waals surface area contributed by atoms with Gasteiger partial charge in [-0.25, -0.2) is 13.8 Å². The molecule has 2 rings (SSSR count). The first kappa shape index (κ1) is 10.6. The lowest BCUT2D eigenvalue weighted by Gasteiger charge is -2.03. The lowest BCUT2D eigenvalue weighted by Crippen LogP contribution is -2.00. The van der Waals surface area contributed by atoms with Crippen LogP contribution in [0.1, 0.15) is 6.92 Å². The van der Waals surface area contributed by atoms with Gasteiger partial charge in [0.2, 0.25) is 0 Å². The van der Waals surface area contributed by atoms with Crippen molar-refractivity contribution in [3.8, 4) is 11.3 Å². The quantitative estimate of drug-likeness (QED) is 0.849. The van der Waals surface area contributed by atoms with E-state index in [1.54, 1.807) is 4.57 Å². The van der Waals surface area contributed by atoms with E-state index >= 15 is 0 Å². The zero-order valence-corrected chi connectivity index (χ0v) is 8.74. The van der Waals surface area contributed by atoms with E-state index in [0.717, 1.165) is 6.07 Å². The topological polar surface area (TPSA) is 43.8 Å². The van der Waals surface area contributed by atoms with Gasteiger partial charge < -0.3 is 10.3 Å². The molecule has 0 saturated heterocycles. The lowest BCUT2D eigenvalue weighted by atomic mass is 10.1. The summed E-state index contributed by atoms with van der Waals surface area (Å²) in [4.78, 5) is 4.02. The molecule has 0 bridgehead atoms. The van der Waals surface area contributed by atoms with Gasteiger partial charge in [-0.05, 0) is 19.1 Å². The van der Waals surface area contributed by atoms with E-state index in [4.69, 9.17) is 5.73 Å². The van der Waals surface area contributed by atoms with Gasteiger partial charge in [-0.1, -0.05) is 0 Å². The number of imidazole rings is 1. The summed E-state index contributed by atoms with van der Waals surface area (Å²) in [5, 5.41) is 0. The van der Waals surface area contributed by atoms with E-state index in [1.165, 1.54) is 18.5 Å². The van der Waals surface area contributed by atoms with Crippen LogP contribution in [0.15, 0.2) is 24.5 Å². The maximum Gasteiger partial charge on any atom is 0.135 e. The average Bonchev–Trinajstić information content (AvgIpc) is 2.60. The highest BCUT2D eigenvalue weighted by Crippen LogP contribution is 2.27.